The third-order valence-corrected chi connectivity index (χ3v) is 5.25. The van der Waals surface area contributed by atoms with Crippen molar-refractivity contribution < 1.29 is 14.3 Å². The van der Waals surface area contributed by atoms with Crippen molar-refractivity contribution in [3.8, 4) is 0 Å². The Morgan fingerprint density at radius 2 is 2.25 bits per heavy atom. The summed E-state index contributed by atoms with van der Waals surface area (Å²) < 4.78 is 12.0. The summed E-state index contributed by atoms with van der Waals surface area (Å²) in [6.07, 6.45) is 5.31. The van der Waals surface area contributed by atoms with E-state index in [1.54, 1.807) is 23.3 Å². The van der Waals surface area contributed by atoms with Crippen LogP contribution in [0.25, 0.3) is 0 Å². The van der Waals surface area contributed by atoms with Gasteiger partial charge >= 0.3 is 0 Å². The Morgan fingerprint density at radius 1 is 1.38 bits per heavy atom. The normalized spacial score (nSPS) is 26.3. The Morgan fingerprint density at radius 3 is 3.04 bits per heavy atom. The number of hydrogen-bond donors (Lipinski definition) is 0. The van der Waals surface area contributed by atoms with Gasteiger partial charge in [0.15, 0.2) is 0 Å². The van der Waals surface area contributed by atoms with Crippen molar-refractivity contribution in [2.75, 3.05) is 13.2 Å². The fourth-order valence-corrected chi connectivity index (χ4v) is 4.02. The van der Waals surface area contributed by atoms with Gasteiger partial charge in [-0.05, 0) is 30.5 Å². The smallest absolute Gasteiger partial charge is 0.273 e. The molecule has 1 aliphatic carbocycles. The molecule has 6 nitrogen and oxygen atoms in total. The first-order valence-electron chi connectivity index (χ1n) is 8.14. The standard InChI is InChI=1S/C17H19N3O3S/c21-17(13-10-24-11-19-13)20-7-8-22-16-14(20)1-2-15(16)23-9-12-3-5-18-6-4-12/h3-6,10-11,14-16H,1-2,7-9H2/t14-,15-,16-/m1/s1. The molecule has 4 rings (SSSR count). The number of carbonyl (C=O) groups is 1. The van der Waals surface area contributed by atoms with Gasteiger partial charge in [-0.2, -0.15) is 0 Å². The van der Waals surface area contributed by atoms with Crippen LogP contribution in [-0.2, 0) is 16.1 Å². The lowest BCUT2D eigenvalue weighted by atomic mass is 10.1. The first-order chi connectivity index (χ1) is 11.8. The van der Waals surface area contributed by atoms with E-state index in [1.807, 2.05) is 17.0 Å². The molecule has 1 saturated heterocycles. The molecule has 1 amide bonds. The molecular formula is C17H19N3O3S. The van der Waals surface area contributed by atoms with Crippen LogP contribution in [0.2, 0.25) is 0 Å². The zero-order chi connectivity index (χ0) is 16.4. The number of fused-ring (bicyclic) bond motifs is 1. The quantitative estimate of drug-likeness (QED) is 0.849. The van der Waals surface area contributed by atoms with E-state index in [-0.39, 0.29) is 24.2 Å². The average Bonchev–Trinajstić information content (AvgIpc) is 3.30. The molecule has 126 valence electrons. The number of morpholine rings is 1. The van der Waals surface area contributed by atoms with Gasteiger partial charge in [-0.1, -0.05) is 0 Å². The van der Waals surface area contributed by atoms with E-state index >= 15 is 0 Å². The van der Waals surface area contributed by atoms with E-state index in [2.05, 4.69) is 9.97 Å². The summed E-state index contributed by atoms with van der Waals surface area (Å²) in [5, 5.41) is 1.80. The van der Waals surface area contributed by atoms with Crippen LogP contribution in [0.15, 0.2) is 35.4 Å². The highest BCUT2D eigenvalue weighted by molar-refractivity contribution is 7.07. The molecule has 3 atom stereocenters. The van der Waals surface area contributed by atoms with Crippen LogP contribution >= 0.6 is 11.3 Å². The van der Waals surface area contributed by atoms with Crippen LogP contribution in [0, 0.1) is 0 Å². The highest BCUT2D eigenvalue weighted by Crippen LogP contribution is 2.33. The molecule has 24 heavy (non-hydrogen) atoms. The summed E-state index contributed by atoms with van der Waals surface area (Å²) in [6.45, 7) is 1.71. The van der Waals surface area contributed by atoms with Gasteiger partial charge in [0.2, 0.25) is 0 Å². The van der Waals surface area contributed by atoms with Crippen molar-refractivity contribution >= 4 is 17.2 Å². The summed E-state index contributed by atoms with van der Waals surface area (Å²) in [4.78, 5) is 22.7. The summed E-state index contributed by atoms with van der Waals surface area (Å²) in [5.41, 5.74) is 3.32. The molecule has 2 fully saturated rings. The molecular weight excluding hydrogens is 326 g/mol. The Hall–Kier alpha value is -1.83. The number of aromatic nitrogens is 2. The Kier molecular flexibility index (Phi) is 4.55. The summed E-state index contributed by atoms with van der Waals surface area (Å²) in [7, 11) is 0. The number of ether oxygens (including phenoxy) is 2. The highest BCUT2D eigenvalue weighted by Gasteiger charge is 2.45. The van der Waals surface area contributed by atoms with E-state index in [4.69, 9.17) is 9.47 Å². The predicted octanol–water partition coefficient (Wildman–Crippen LogP) is 2.13. The molecule has 2 aliphatic rings. The minimum atomic E-state index is -0.0526. The summed E-state index contributed by atoms with van der Waals surface area (Å²) in [6, 6.07) is 3.98. The van der Waals surface area contributed by atoms with E-state index in [0.29, 0.717) is 25.5 Å². The van der Waals surface area contributed by atoms with Gasteiger partial charge in [0.1, 0.15) is 11.8 Å². The molecule has 0 spiro atoms. The number of rotatable bonds is 4. The van der Waals surface area contributed by atoms with Crippen molar-refractivity contribution in [3.63, 3.8) is 0 Å². The molecule has 0 radical (unpaired) electrons. The van der Waals surface area contributed by atoms with Crippen molar-refractivity contribution in [1.29, 1.82) is 0 Å². The molecule has 0 bridgehead atoms. The summed E-state index contributed by atoms with van der Waals surface area (Å²) in [5.74, 6) is 0.00401. The second-order valence-corrected chi connectivity index (χ2v) is 6.78. The number of pyridine rings is 1. The Balaban J connectivity index is 1.42. The van der Waals surface area contributed by atoms with Gasteiger partial charge in [0.25, 0.3) is 5.91 Å². The first kappa shape index (κ1) is 15.7. The Labute approximate surface area is 144 Å². The highest BCUT2D eigenvalue weighted by atomic mass is 32.1. The third kappa shape index (κ3) is 3.07. The van der Waals surface area contributed by atoms with Crippen molar-refractivity contribution in [2.24, 2.45) is 0 Å². The first-order valence-corrected chi connectivity index (χ1v) is 9.08. The van der Waals surface area contributed by atoms with Crippen LogP contribution in [0.1, 0.15) is 28.9 Å². The number of hydrogen-bond acceptors (Lipinski definition) is 6. The van der Waals surface area contributed by atoms with Crippen molar-refractivity contribution in [2.45, 2.75) is 37.7 Å². The number of nitrogens with zero attached hydrogens (tertiary/aromatic N) is 3. The van der Waals surface area contributed by atoms with Gasteiger partial charge < -0.3 is 14.4 Å². The van der Waals surface area contributed by atoms with Gasteiger partial charge in [0, 0.05) is 24.3 Å². The molecule has 1 aliphatic heterocycles. The topological polar surface area (TPSA) is 64.6 Å². The van der Waals surface area contributed by atoms with E-state index in [1.165, 1.54) is 11.3 Å². The lowest BCUT2D eigenvalue weighted by Gasteiger charge is -2.38. The van der Waals surface area contributed by atoms with Gasteiger partial charge in [-0.3, -0.25) is 9.78 Å². The van der Waals surface area contributed by atoms with Crippen molar-refractivity contribution in [3.05, 3.63) is 46.7 Å². The minimum absolute atomic E-state index is 0.00401. The molecule has 1 saturated carbocycles. The summed E-state index contributed by atoms with van der Waals surface area (Å²) >= 11 is 1.44. The van der Waals surface area contributed by atoms with Crippen LogP contribution in [0.5, 0.6) is 0 Å². The molecule has 0 aromatic carbocycles. The number of carbonyl (C=O) groups excluding carboxylic acids is 1. The SMILES string of the molecule is O=C(c1cscn1)N1CCO[C@@H]2[C@H]1CC[C@H]2OCc1ccncc1. The van der Waals surface area contributed by atoms with E-state index in [9.17, 15) is 4.79 Å². The molecule has 3 heterocycles. The maximum absolute atomic E-state index is 12.7. The maximum Gasteiger partial charge on any atom is 0.273 e. The molecule has 2 aromatic rings. The monoisotopic (exact) mass is 345 g/mol. The molecule has 2 aromatic heterocycles. The van der Waals surface area contributed by atoms with Crippen LogP contribution in [0.3, 0.4) is 0 Å². The van der Waals surface area contributed by atoms with E-state index < -0.39 is 0 Å². The molecule has 0 N–H and O–H groups in total. The molecule has 0 unspecified atom stereocenters. The lowest BCUT2D eigenvalue weighted by Crippen LogP contribution is -2.53. The van der Waals surface area contributed by atoms with Gasteiger partial charge in [-0.15, -0.1) is 11.3 Å². The van der Waals surface area contributed by atoms with Crippen LogP contribution < -0.4 is 0 Å². The fourth-order valence-electron chi connectivity index (χ4n) is 3.49. The number of amides is 1. The second kappa shape index (κ2) is 6.96. The van der Waals surface area contributed by atoms with Crippen molar-refractivity contribution in [1.82, 2.24) is 14.9 Å². The second-order valence-electron chi connectivity index (χ2n) is 6.06. The van der Waals surface area contributed by atoms with Crippen LogP contribution in [0.4, 0.5) is 0 Å². The predicted molar refractivity (Wildman–Crippen MR) is 88.7 cm³/mol. The van der Waals surface area contributed by atoms with E-state index in [0.717, 1.165) is 18.4 Å². The number of thiazole rings is 1. The largest absolute Gasteiger partial charge is 0.372 e. The van der Waals surface area contributed by atoms with Crippen LogP contribution in [-0.4, -0.2) is 52.2 Å². The zero-order valence-electron chi connectivity index (χ0n) is 13.2. The zero-order valence-corrected chi connectivity index (χ0v) is 14.0. The minimum Gasteiger partial charge on any atom is -0.372 e. The lowest BCUT2D eigenvalue weighted by molar-refractivity contribution is -0.108. The van der Waals surface area contributed by atoms with Gasteiger partial charge in [-0.25, -0.2) is 4.98 Å². The van der Waals surface area contributed by atoms with Gasteiger partial charge in [0.05, 0.1) is 30.9 Å². The average molecular weight is 345 g/mol. The third-order valence-electron chi connectivity index (χ3n) is 4.66. The molecule has 7 heteroatoms. The Bertz CT molecular complexity index is 680. The fraction of sp³-hybridized carbons (Fsp3) is 0.471. The maximum atomic E-state index is 12.7.